The Morgan fingerprint density at radius 2 is 1.45 bits per heavy atom. The first-order chi connectivity index (χ1) is 14.1. The molecule has 4 heteroatoms. The van der Waals surface area contributed by atoms with E-state index in [4.69, 9.17) is 9.73 Å². The summed E-state index contributed by atoms with van der Waals surface area (Å²) in [6, 6.07) is 25.2. The molecule has 0 spiro atoms. The number of aromatic nitrogens is 1. The van der Waals surface area contributed by atoms with Crippen LogP contribution in [0, 0.1) is 13.8 Å². The topological polar surface area (TPSA) is 26.5 Å². The Labute approximate surface area is 175 Å². The molecule has 0 fully saturated rings. The molecule has 3 nitrogen and oxygen atoms in total. The second-order valence-electron chi connectivity index (χ2n) is 7.15. The molecular formula is C25H24N2OS. The molecule has 0 radical (unpaired) electrons. The van der Waals surface area contributed by atoms with E-state index in [1.807, 2.05) is 12.1 Å². The summed E-state index contributed by atoms with van der Waals surface area (Å²) in [6.07, 6.45) is 0. The molecule has 0 saturated carbocycles. The third-order valence-electron chi connectivity index (χ3n) is 4.90. The molecule has 4 rings (SSSR count). The van der Waals surface area contributed by atoms with Gasteiger partial charge in [-0.05, 0) is 61.4 Å². The van der Waals surface area contributed by atoms with Gasteiger partial charge in [-0.1, -0.05) is 47.5 Å². The van der Waals surface area contributed by atoms with E-state index in [2.05, 4.69) is 84.5 Å². The highest BCUT2D eigenvalue weighted by Gasteiger charge is 2.09. The molecule has 0 amide bonds. The van der Waals surface area contributed by atoms with Crippen LogP contribution in [0.15, 0.2) is 83.2 Å². The SMILES string of the molecule is COc1ccc(-c2csc(=Nc3ccc(C)cc3)n2Cc2ccc(C)cc2)cc1. The number of nitrogens with zero attached hydrogens (tertiary/aromatic N) is 2. The Bertz CT molecular complexity index is 1150. The third kappa shape index (κ3) is 4.49. The molecule has 3 aromatic carbocycles. The first kappa shape index (κ1) is 19.2. The van der Waals surface area contributed by atoms with Crippen molar-refractivity contribution in [1.82, 2.24) is 4.57 Å². The standard InChI is InChI=1S/C25H24N2OS/c1-18-4-8-20(9-5-18)16-27-24(21-10-14-23(28-3)15-11-21)17-29-25(27)26-22-12-6-19(2)7-13-22/h4-15,17H,16H2,1-3H3. The Kier molecular flexibility index (Phi) is 5.63. The Hall–Kier alpha value is -3.11. The number of benzene rings is 3. The maximum absolute atomic E-state index is 5.31. The molecule has 0 saturated heterocycles. The minimum absolute atomic E-state index is 0.774. The van der Waals surface area contributed by atoms with Gasteiger partial charge in [-0.3, -0.25) is 0 Å². The van der Waals surface area contributed by atoms with E-state index < -0.39 is 0 Å². The van der Waals surface area contributed by atoms with Crippen LogP contribution >= 0.6 is 11.3 Å². The second kappa shape index (κ2) is 8.50. The molecule has 1 aromatic heterocycles. The minimum atomic E-state index is 0.774. The van der Waals surface area contributed by atoms with Crippen LogP contribution in [0.5, 0.6) is 5.75 Å². The first-order valence-electron chi connectivity index (χ1n) is 9.62. The van der Waals surface area contributed by atoms with E-state index in [1.54, 1.807) is 18.4 Å². The van der Waals surface area contributed by atoms with Gasteiger partial charge in [0.25, 0.3) is 0 Å². The summed E-state index contributed by atoms with van der Waals surface area (Å²) in [7, 11) is 1.69. The normalized spacial score (nSPS) is 11.6. The molecule has 29 heavy (non-hydrogen) atoms. The third-order valence-corrected chi connectivity index (χ3v) is 5.77. The average molecular weight is 401 g/mol. The van der Waals surface area contributed by atoms with E-state index in [0.29, 0.717) is 0 Å². The maximum Gasteiger partial charge on any atom is 0.190 e. The summed E-state index contributed by atoms with van der Waals surface area (Å²) in [4.78, 5) is 5.92. The number of ether oxygens (including phenoxy) is 1. The van der Waals surface area contributed by atoms with Gasteiger partial charge < -0.3 is 9.30 Å². The molecule has 0 unspecified atom stereocenters. The van der Waals surface area contributed by atoms with Crippen molar-refractivity contribution in [3.63, 3.8) is 0 Å². The van der Waals surface area contributed by atoms with Crippen LogP contribution in [0.4, 0.5) is 5.69 Å². The van der Waals surface area contributed by atoms with E-state index in [0.717, 1.165) is 34.0 Å². The van der Waals surface area contributed by atoms with Crippen molar-refractivity contribution < 1.29 is 4.74 Å². The Morgan fingerprint density at radius 1 is 0.828 bits per heavy atom. The lowest BCUT2D eigenvalue weighted by molar-refractivity contribution is 0.415. The number of aryl methyl sites for hydroxylation is 2. The van der Waals surface area contributed by atoms with Gasteiger partial charge in [-0.25, -0.2) is 4.99 Å². The lowest BCUT2D eigenvalue weighted by atomic mass is 10.1. The molecule has 1 heterocycles. The van der Waals surface area contributed by atoms with Crippen LogP contribution in [-0.4, -0.2) is 11.7 Å². The highest BCUT2D eigenvalue weighted by atomic mass is 32.1. The molecule has 0 aliphatic carbocycles. The van der Waals surface area contributed by atoms with Crippen molar-refractivity contribution in [2.75, 3.05) is 7.11 Å². The summed E-state index contributed by atoms with van der Waals surface area (Å²) in [5.74, 6) is 0.860. The van der Waals surface area contributed by atoms with Crippen molar-refractivity contribution in [1.29, 1.82) is 0 Å². The number of hydrogen-bond acceptors (Lipinski definition) is 3. The Morgan fingerprint density at radius 3 is 2.07 bits per heavy atom. The van der Waals surface area contributed by atoms with E-state index in [9.17, 15) is 0 Å². The molecule has 146 valence electrons. The largest absolute Gasteiger partial charge is 0.497 e. The van der Waals surface area contributed by atoms with E-state index in [1.165, 1.54) is 16.7 Å². The molecule has 0 aliphatic rings. The lowest BCUT2D eigenvalue weighted by Gasteiger charge is -2.10. The summed E-state index contributed by atoms with van der Waals surface area (Å²) in [5.41, 5.74) is 7.04. The van der Waals surface area contributed by atoms with Gasteiger partial charge >= 0.3 is 0 Å². The van der Waals surface area contributed by atoms with Crippen molar-refractivity contribution >= 4 is 17.0 Å². The number of thiazole rings is 1. The maximum atomic E-state index is 5.31. The van der Waals surface area contributed by atoms with Gasteiger partial charge in [0.2, 0.25) is 0 Å². The zero-order valence-electron chi connectivity index (χ0n) is 16.9. The zero-order valence-corrected chi connectivity index (χ0v) is 17.7. The van der Waals surface area contributed by atoms with Crippen LogP contribution < -0.4 is 9.54 Å². The lowest BCUT2D eigenvalue weighted by Crippen LogP contribution is -2.16. The van der Waals surface area contributed by atoms with Crippen LogP contribution in [0.3, 0.4) is 0 Å². The second-order valence-corrected chi connectivity index (χ2v) is 7.99. The quantitative estimate of drug-likeness (QED) is 0.396. The van der Waals surface area contributed by atoms with Gasteiger partial charge in [-0.15, -0.1) is 11.3 Å². The Balaban J connectivity index is 1.81. The van der Waals surface area contributed by atoms with Crippen LogP contribution in [0.2, 0.25) is 0 Å². The van der Waals surface area contributed by atoms with Gasteiger partial charge in [0.1, 0.15) is 5.75 Å². The molecular weight excluding hydrogens is 376 g/mol. The first-order valence-corrected chi connectivity index (χ1v) is 10.5. The van der Waals surface area contributed by atoms with E-state index in [-0.39, 0.29) is 0 Å². The summed E-state index contributed by atoms with van der Waals surface area (Å²) in [5, 5.41) is 2.18. The highest BCUT2D eigenvalue weighted by molar-refractivity contribution is 7.07. The molecule has 0 aliphatic heterocycles. The monoisotopic (exact) mass is 400 g/mol. The smallest absolute Gasteiger partial charge is 0.190 e. The fourth-order valence-corrected chi connectivity index (χ4v) is 4.10. The number of rotatable bonds is 5. The van der Waals surface area contributed by atoms with Crippen molar-refractivity contribution in [3.8, 4) is 17.0 Å². The van der Waals surface area contributed by atoms with Crippen molar-refractivity contribution in [2.24, 2.45) is 4.99 Å². The molecule has 0 bridgehead atoms. The average Bonchev–Trinajstić information content (AvgIpc) is 3.13. The van der Waals surface area contributed by atoms with Gasteiger partial charge in [0.05, 0.1) is 25.0 Å². The zero-order chi connectivity index (χ0) is 20.2. The highest BCUT2D eigenvalue weighted by Crippen LogP contribution is 2.24. The predicted molar refractivity (Wildman–Crippen MR) is 121 cm³/mol. The summed E-state index contributed by atoms with van der Waals surface area (Å²) >= 11 is 1.67. The fourth-order valence-electron chi connectivity index (χ4n) is 3.17. The number of hydrogen-bond donors (Lipinski definition) is 0. The van der Waals surface area contributed by atoms with E-state index >= 15 is 0 Å². The minimum Gasteiger partial charge on any atom is -0.497 e. The van der Waals surface area contributed by atoms with Crippen molar-refractivity contribution in [3.05, 3.63) is 99.7 Å². The van der Waals surface area contributed by atoms with Crippen LogP contribution in [0.25, 0.3) is 11.3 Å². The summed E-state index contributed by atoms with van der Waals surface area (Å²) in [6.45, 7) is 4.98. The summed E-state index contributed by atoms with van der Waals surface area (Å²) < 4.78 is 7.60. The van der Waals surface area contributed by atoms with Crippen LogP contribution in [0.1, 0.15) is 16.7 Å². The van der Waals surface area contributed by atoms with Crippen molar-refractivity contribution in [2.45, 2.75) is 20.4 Å². The van der Waals surface area contributed by atoms with Gasteiger partial charge in [-0.2, -0.15) is 0 Å². The fraction of sp³-hybridized carbons (Fsp3) is 0.160. The van der Waals surface area contributed by atoms with Gasteiger partial charge in [0, 0.05) is 5.38 Å². The molecule has 0 N–H and O–H groups in total. The van der Waals surface area contributed by atoms with Gasteiger partial charge in [0.15, 0.2) is 4.80 Å². The molecule has 4 aromatic rings. The van der Waals surface area contributed by atoms with Crippen LogP contribution in [-0.2, 0) is 6.54 Å². The number of methoxy groups -OCH3 is 1. The molecule has 0 atom stereocenters. The predicted octanol–water partition coefficient (Wildman–Crippen LogP) is 6.12.